The lowest BCUT2D eigenvalue weighted by Gasteiger charge is -2.27. The van der Waals surface area contributed by atoms with Gasteiger partial charge in [0.05, 0.1) is 5.69 Å². The molecule has 3 heterocycles. The van der Waals surface area contributed by atoms with Gasteiger partial charge < -0.3 is 0 Å². The predicted molar refractivity (Wildman–Crippen MR) is 152 cm³/mol. The quantitative estimate of drug-likeness (QED) is 0.158. The second kappa shape index (κ2) is 13.3. The van der Waals surface area contributed by atoms with Crippen LogP contribution >= 0.6 is 0 Å². The Balaban J connectivity index is 1.53. The number of hydrogen-bond acceptors (Lipinski definition) is 2. The van der Waals surface area contributed by atoms with Crippen LogP contribution in [0.4, 0.5) is 0 Å². The Morgan fingerprint density at radius 2 is 1.27 bits per heavy atom. The van der Waals surface area contributed by atoms with Crippen molar-refractivity contribution in [3.05, 3.63) is 60.4 Å². The monoisotopic (exact) mass is 500 g/mol. The molecule has 0 radical (unpaired) electrons. The first-order valence-electron chi connectivity index (χ1n) is 15.1. The van der Waals surface area contributed by atoms with Crippen LogP contribution in [0.3, 0.4) is 0 Å². The number of nitrogens with zero attached hydrogens (tertiary/aromatic N) is 4. The summed E-state index contributed by atoms with van der Waals surface area (Å²) in [5, 5.41) is 0. The molecule has 0 N–H and O–H groups in total. The van der Waals surface area contributed by atoms with E-state index in [1.165, 1.54) is 86.6 Å². The zero-order chi connectivity index (χ0) is 26.1. The molecule has 3 aromatic rings. The Kier molecular flexibility index (Phi) is 9.82. The van der Waals surface area contributed by atoms with Crippen LogP contribution in [0.2, 0.25) is 0 Å². The minimum atomic E-state index is -0.0409. The zero-order valence-electron chi connectivity index (χ0n) is 23.8. The van der Waals surface area contributed by atoms with E-state index < -0.39 is 0 Å². The fourth-order valence-corrected chi connectivity index (χ4v) is 6.02. The first-order chi connectivity index (χ1) is 18.2. The molecule has 3 aromatic heterocycles. The van der Waals surface area contributed by atoms with E-state index >= 15 is 0 Å². The van der Waals surface area contributed by atoms with E-state index in [2.05, 4.69) is 86.0 Å². The molecule has 0 amide bonds. The maximum Gasteiger partial charge on any atom is 0.173 e. The van der Waals surface area contributed by atoms with Crippen LogP contribution in [0.25, 0.3) is 22.5 Å². The van der Waals surface area contributed by atoms with Gasteiger partial charge >= 0.3 is 0 Å². The highest BCUT2D eigenvalue weighted by molar-refractivity contribution is 5.79. The van der Waals surface area contributed by atoms with Gasteiger partial charge in [0.15, 0.2) is 30.6 Å². The molecule has 4 nitrogen and oxygen atoms in total. The van der Waals surface area contributed by atoms with Crippen molar-refractivity contribution in [2.75, 3.05) is 0 Å². The van der Waals surface area contributed by atoms with E-state index in [1.54, 1.807) is 0 Å². The average molecular weight is 501 g/mol. The van der Waals surface area contributed by atoms with E-state index in [9.17, 15) is 0 Å². The molecular weight excluding hydrogens is 452 g/mol. The summed E-state index contributed by atoms with van der Waals surface area (Å²) in [6.07, 6.45) is 26.3. The Hall–Kier alpha value is -2.62. The number of aryl methyl sites for hydroxylation is 2. The molecule has 0 saturated heterocycles. The maximum atomic E-state index is 5.26. The van der Waals surface area contributed by atoms with Crippen molar-refractivity contribution in [3.63, 3.8) is 0 Å². The summed E-state index contributed by atoms with van der Waals surface area (Å²) in [5.74, 6) is 0.844. The van der Waals surface area contributed by atoms with Crippen LogP contribution in [0.5, 0.6) is 0 Å². The summed E-state index contributed by atoms with van der Waals surface area (Å²) in [6.45, 7) is 11.4. The second-order valence-electron chi connectivity index (χ2n) is 10.9. The summed E-state index contributed by atoms with van der Waals surface area (Å²) in [5.41, 5.74) is 6.25. The highest BCUT2D eigenvalue weighted by Gasteiger charge is 2.44. The van der Waals surface area contributed by atoms with Crippen molar-refractivity contribution >= 4 is 0 Å². The van der Waals surface area contributed by atoms with Gasteiger partial charge in [-0.25, -0.2) is 19.1 Å². The van der Waals surface area contributed by atoms with Crippen LogP contribution in [0.1, 0.15) is 116 Å². The average Bonchev–Trinajstić information content (AvgIpc) is 3.22. The Morgan fingerprint density at radius 3 is 1.89 bits per heavy atom. The number of hydrogen-bond donors (Lipinski definition) is 0. The zero-order valence-corrected chi connectivity index (χ0v) is 23.8. The van der Waals surface area contributed by atoms with Crippen LogP contribution in [-0.4, -0.2) is 9.97 Å². The van der Waals surface area contributed by atoms with E-state index in [-0.39, 0.29) is 5.41 Å². The van der Waals surface area contributed by atoms with E-state index in [1.807, 2.05) is 0 Å². The summed E-state index contributed by atoms with van der Waals surface area (Å²) in [7, 11) is 0. The fraction of sp³-hybridized carbons (Fsp3) is 0.576. The topological polar surface area (TPSA) is 33.5 Å². The third-order valence-corrected chi connectivity index (χ3v) is 8.46. The Bertz CT molecular complexity index is 1130. The minimum Gasteiger partial charge on any atom is -0.236 e. The largest absolute Gasteiger partial charge is 0.236 e. The smallest absolute Gasteiger partial charge is 0.173 e. The fourth-order valence-electron chi connectivity index (χ4n) is 6.02. The van der Waals surface area contributed by atoms with Crippen LogP contribution in [0, 0.1) is 0 Å². The van der Waals surface area contributed by atoms with Crippen LogP contribution < -0.4 is 9.13 Å². The third kappa shape index (κ3) is 6.10. The minimum absolute atomic E-state index is 0.0409. The van der Waals surface area contributed by atoms with Gasteiger partial charge in [-0.15, -0.1) is 0 Å². The van der Waals surface area contributed by atoms with Gasteiger partial charge in [-0.05, 0) is 25.7 Å². The molecule has 4 heteroatoms. The van der Waals surface area contributed by atoms with Gasteiger partial charge in [-0.1, -0.05) is 66.2 Å². The van der Waals surface area contributed by atoms with E-state index in [0.29, 0.717) is 0 Å². The Morgan fingerprint density at radius 1 is 0.676 bits per heavy atom. The standard InChI is InChI=1S/C33H48N4/c1-5-9-11-13-15-20-36-22-17-27(18-23-36)32-34-25-29-28-19-24-37(21-16-14-12-10-6-2)26-30(28)33(7-3,8-4)31(29)35-32/h17-19,22-26H,5-16,20-21H2,1-4H3/q+2. The number of pyridine rings is 2. The number of aromatic nitrogens is 4. The van der Waals surface area contributed by atoms with Crippen molar-refractivity contribution < 1.29 is 9.13 Å². The molecule has 0 aromatic carbocycles. The van der Waals surface area contributed by atoms with E-state index in [0.717, 1.165) is 37.3 Å². The molecule has 198 valence electrons. The molecule has 0 unspecified atom stereocenters. The van der Waals surface area contributed by atoms with Gasteiger partial charge in [-0.3, -0.25) is 0 Å². The second-order valence-corrected chi connectivity index (χ2v) is 10.9. The molecular formula is C33H48N4+2. The Labute approximate surface area is 225 Å². The molecule has 1 aliphatic carbocycles. The number of unbranched alkanes of at least 4 members (excludes halogenated alkanes) is 8. The van der Waals surface area contributed by atoms with Crippen molar-refractivity contribution in [2.24, 2.45) is 0 Å². The SMILES string of the molecule is CCCCCCC[n+]1ccc(-c2ncc3c(n2)C(CC)(CC)c2c[n+](CCCCCCC)ccc2-3)cc1. The summed E-state index contributed by atoms with van der Waals surface area (Å²) in [4.78, 5) is 10.1. The van der Waals surface area contributed by atoms with Crippen molar-refractivity contribution in [3.8, 4) is 22.5 Å². The molecule has 0 aliphatic heterocycles. The molecule has 0 fully saturated rings. The number of rotatable bonds is 15. The van der Waals surface area contributed by atoms with Crippen molar-refractivity contribution in [1.29, 1.82) is 0 Å². The van der Waals surface area contributed by atoms with Crippen LogP contribution in [0.15, 0.2) is 49.2 Å². The normalized spacial score (nSPS) is 13.5. The summed E-state index contributed by atoms with van der Waals surface area (Å²) in [6, 6.07) is 6.67. The van der Waals surface area contributed by atoms with Gasteiger partial charge in [0, 0.05) is 64.9 Å². The lowest BCUT2D eigenvalue weighted by atomic mass is 9.76. The summed E-state index contributed by atoms with van der Waals surface area (Å²) < 4.78 is 4.70. The molecule has 4 rings (SSSR count). The lowest BCUT2D eigenvalue weighted by Crippen LogP contribution is -2.36. The predicted octanol–water partition coefficient (Wildman–Crippen LogP) is 7.75. The molecule has 0 saturated carbocycles. The lowest BCUT2D eigenvalue weighted by molar-refractivity contribution is -0.697. The van der Waals surface area contributed by atoms with Gasteiger partial charge in [-0.2, -0.15) is 0 Å². The number of fused-ring (bicyclic) bond motifs is 3. The maximum absolute atomic E-state index is 5.26. The van der Waals surface area contributed by atoms with Gasteiger partial charge in [0.1, 0.15) is 13.1 Å². The van der Waals surface area contributed by atoms with Gasteiger partial charge in [0.2, 0.25) is 0 Å². The first-order valence-corrected chi connectivity index (χ1v) is 15.1. The van der Waals surface area contributed by atoms with Crippen molar-refractivity contribution in [1.82, 2.24) is 9.97 Å². The first kappa shape index (κ1) is 27.4. The molecule has 0 atom stereocenters. The molecule has 37 heavy (non-hydrogen) atoms. The molecule has 0 spiro atoms. The summed E-state index contributed by atoms with van der Waals surface area (Å²) >= 11 is 0. The third-order valence-electron chi connectivity index (χ3n) is 8.46. The van der Waals surface area contributed by atoms with Crippen LogP contribution in [-0.2, 0) is 18.5 Å². The van der Waals surface area contributed by atoms with E-state index in [4.69, 9.17) is 9.97 Å². The molecule has 1 aliphatic rings. The van der Waals surface area contributed by atoms with Gasteiger partial charge in [0.25, 0.3) is 0 Å². The highest BCUT2D eigenvalue weighted by atomic mass is 15.0. The highest BCUT2D eigenvalue weighted by Crippen LogP contribution is 2.51. The van der Waals surface area contributed by atoms with Crippen molar-refractivity contribution in [2.45, 2.75) is 123 Å². The molecule has 0 bridgehead atoms.